The minimum Gasteiger partial charge on any atom is -0.394 e. The average molecular weight is 343 g/mol. The van der Waals surface area contributed by atoms with Crippen molar-refractivity contribution in [3.63, 3.8) is 0 Å². The zero-order valence-corrected chi connectivity index (χ0v) is 12.5. The molecule has 0 spiro atoms. The van der Waals surface area contributed by atoms with E-state index in [4.69, 9.17) is 16.7 Å². The zero-order chi connectivity index (χ0) is 13.3. The second-order valence-corrected chi connectivity index (χ2v) is 7.17. The van der Waals surface area contributed by atoms with E-state index < -0.39 is 15.6 Å². The molecule has 1 aromatic carbocycles. The molecule has 0 heterocycles. The second-order valence-electron chi connectivity index (χ2n) is 4.22. The summed E-state index contributed by atoms with van der Waals surface area (Å²) in [7, 11) is -3.67. The van der Waals surface area contributed by atoms with E-state index in [1.54, 1.807) is 13.8 Å². The van der Waals surface area contributed by atoms with Crippen molar-refractivity contribution in [1.29, 1.82) is 0 Å². The fourth-order valence-electron chi connectivity index (χ4n) is 1.10. The highest BCUT2D eigenvalue weighted by Crippen LogP contribution is 2.25. The molecule has 96 valence electrons. The van der Waals surface area contributed by atoms with Gasteiger partial charge < -0.3 is 5.11 Å². The molecule has 17 heavy (non-hydrogen) atoms. The Balaban J connectivity index is 3.10. The summed E-state index contributed by atoms with van der Waals surface area (Å²) in [5.41, 5.74) is -0.912. The summed E-state index contributed by atoms with van der Waals surface area (Å²) in [5, 5.41) is 9.48. The van der Waals surface area contributed by atoms with E-state index >= 15 is 0 Å². The highest BCUT2D eigenvalue weighted by atomic mass is 79.9. The summed E-state index contributed by atoms with van der Waals surface area (Å²) in [6, 6.07) is 4.31. The van der Waals surface area contributed by atoms with Crippen LogP contribution in [0.25, 0.3) is 0 Å². The van der Waals surface area contributed by atoms with Crippen molar-refractivity contribution in [2.75, 3.05) is 6.61 Å². The van der Waals surface area contributed by atoms with Gasteiger partial charge in [0.15, 0.2) is 0 Å². The van der Waals surface area contributed by atoms with Gasteiger partial charge in [0, 0.05) is 4.47 Å². The van der Waals surface area contributed by atoms with E-state index in [0.717, 1.165) is 0 Å². The van der Waals surface area contributed by atoms with Crippen LogP contribution >= 0.6 is 27.5 Å². The summed E-state index contributed by atoms with van der Waals surface area (Å²) < 4.78 is 26.9. The van der Waals surface area contributed by atoms with Crippen molar-refractivity contribution >= 4 is 37.6 Å². The second kappa shape index (κ2) is 5.24. The highest BCUT2D eigenvalue weighted by Gasteiger charge is 2.25. The number of nitrogens with one attached hydrogen (secondary N) is 1. The molecule has 1 rings (SSSR count). The van der Waals surface area contributed by atoms with E-state index in [9.17, 15) is 8.42 Å². The van der Waals surface area contributed by atoms with Crippen LogP contribution in [0.15, 0.2) is 27.6 Å². The molecule has 4 nitrogen and oxygen atoms in total. The van der Waals surface area contributed by atoms with Crippen LogP contribution in [0, 0.1) is 0 Å². The molecule has 0 aliphatic carbocycles. The maximum atomic E-state index is 12.0. The van der Waals surface area contributed by atoms with Crippen molar-refractivity contribution in [3.8, 4) is 0 Å². The van der Waals surface area contributed by atoms with Gasteiger partial charge in [0.1, 0.15) is 0 Å². The van der Waals surface area contributed by atoms with Crippen LogP contribution in [-0.2, 0) is 10.0 Å². The molecule has 0 aromatic heterocycles. The number of hydrogen-bond donors (Lipinski definition) is 2. The Bertz CT molecular complexity index is 516. The van der Waals surface area contributed by atoms with Gasteiger partial charge in [-0.25, -0.2) is 13.1 Å². The van der Waals surface area contributed by atoms with Crippen molar-refractivity contribution < 1.29 is 13.5 Å². The van der Waals surface area contributed by atoms with Gasteiger partial charge in [-0.2, -0.15) is 0 Å². The Morgan fingerprint density at radius 1 is 1.47 bits per heavy atom. The molecule has 0 saturated carbocycles. The normalized spacial score (nSPS) is 12.8. The third-order valence-electron chi connectivity index (χ3n) is 2.01. The summed E-state index contributed by atoms with van der Waals surface area (Å²) in [6.07, 6.45) is 0. The minimum absolute atomic E-state index is 0.0929. The monoisotopic (exact) mass is 341 g/mol. The fourth-order valence-corrected chi connectivity index (χ4v) is 3.18. The van der Waals surface area contributed by atoms with E-state index in [2.05, 4.69) is 20.7 Å². The first kappa shape index (κ1) is 14.9. The molecule has 0 aliphatic heterocycles. The molecule has 7 heteroatoms. The molecular weight excluding hydrogens is 330 g/mol. The lowest BCUT2D eigenvalue weighted by Crippen LogP contribution is -2.46. The molecule has 0 amide bonds. The number of aliphatic hydroxyl groups is 1. The van der Waals surface area contributed by atoms with Crippen LogP contribution in [0.2, 0.25) is 5.02 Å². The molecule has 2 N–H and O–H groups in total. The summed E-state index contributed by atoms with van der Waals surface area (Å²) >= 11 is 8.95. The highest BCUT2D eigenvalue weighted by molar-refractivity contribution is 9.10. The fraction of sp³-hybridized carbons (Fsp3) is 0.400. The topological polar surface area (TPSA) is 66.4 Å². The smallest absolute Gasteiger partial charge is 0.241 e. The van der Waals surface area contributed by atoms with Gasteiger partial charge >= 0.3 is 0 Å². The third-order valence-corrected chi connectivity index (χ3v) is 4.92. The quantitative estimate of drug-likeness (QED) is 0.881. The zero-order valence-electron chi connectivity index (χ0n) is 9.37. The Kier molecular flexibility index (Phi) is 4.60. The lowest BCUT2D eigenvalue weighted by molar-refractivity contribution is 0.208. The Morgan fingerprint density at radius 3 is 2.53 bits per heavy atom. The predicted molar refractivity (Wildman–Crippen MR) is 70.6 cm³/mol. The Hall–Kier alpha value is -0.140. The predicted octanol–water partition coefficient (Wildman–Crippen LogP) is 2.15. The first-order valence-electron chi connectivity index (χ1n) is 4.78. The van der Waals surface area contributed by atoms with Gasteiger partial charge in [-0.05, 0) is 48.0 Å². The minimum atomic E-state index is -3.67. The van der Waals surface area contributed by atoms with Crippen LogP contribution in [-0.4, -0.2) is 25.7 Å². The summed E-state index contributed by atoms with van der Waals surface area (Å²) in [4.78, 5) is 0.0929. The number of halogens is 2. The van der Waals surface area contributed by atoms with Gasteiger partial charge in [-0.15, -0.1) is 0 Å². The van der Waals surface area contributed by atoms with Crippen molar-refractivity contribution in [3.05, 3.63) is 27.7 Å². The van der Waals surface area contributed by atoms with Gasteiger partial charge in [-0.3, -0.25) is 0 Å². The standard InChI is InChI=1S/C10H13BrClNO3S/c1-10(2,6-14)13-17(15,16)7-3-4-9(12)8(11)5-7/h3-5,13-14H,6H2,1-2H3. The molecular formula is C10H13BrClNO3S. The number of rotatable bonds is 4. The molecule has 1 aromatic rings. The molecule has 0 bridgehead atoms. The van der Waals surface area contributed by atoms with Crippen molar-refractivity contribution in [2.45, 2.75) is 24.3 Å². The number of sulfonamides is 1. The van der Waals surface area contributed by atoms with Crippen molar-refractivity contribution in [2.24, 2.45) is 0 Å². The number of hydrogen-bond acceptors (Lipinski definition) is 3. The van der Waals surface area contributed by atoms with E-state index in [0.29, 0.717) is 9.50 Å². The maximum absolute atomic E-state index is 12.0. The maximum Gasteiger partial charge on any atom is 0.241 e. The SMILES string of the molecule is CC(C)(CO)NS(=O)(=O)c1ccc(Cl)c(Br)c1. The van der Waals surface area contributed by atoms with Crippen LogP contribution in [0.4, 0.5) is 0 Å². The summed E-state index contributed by atoms with van der Waals surface area (Å²) in [5.74, 6) is 0. The van der Waals surface area contributed by atoms with Crippen LogP contribution in [0.1, 0.15) is 13.8 Å². The Morgan fingerprint density at radius 2 is 2.06 bits per heavy atom. The largest absolute Gasteiger partial charge is 0.394 e. The van der Waals surface area contributed by atoms with Gasteiger partial charge in [0.2, 0.25) is 10.0 Å². The van der Waals surface area contributed by atoms with Crippen LogP contribution < -0.4 is 4.72 Å². The molecule has 0 atom stereocenters. The molecule has 0 saturated heterocycles. The Labute approximate surface area is 114 Å². The third kappa shape index (κ3) is 3.93. The first-order chi connectivity index (χ1) is 7.68. The van der Waals surface area contributed by atoms with Crippen LogP contribution in [0.5, 0.6) is 0 Å². The molecule has 0 radical (unpaired) electrons. The molecule has 0 fully saturated rings. The van der Waals surface area contributed by atoms with Gasteiger partial charge in [0.05, 0.1) is 22.1 Å². The first-order valence-corrected chi connectivity index (χ1v) is 7.43. The van der Waals surface area contributed by atoms with Crippen LogP contribution in [0.3, 0.4) is 0 Å². The number of benzene rings is 1. The van der Waals surface area contributed by atoms with E-state index in [1.165, 1.54) is 18.2 Å². The molecule has 0 unspecified atom stereocenters. The molecule has 0 aliphatic rings. The van der Waals surface area contributed by atoms with Gasteiger partial charge in [-0.1, -0.05) is 11.6 Å². The average Bonchev–Trinajstić information content (AvgIpc) is 2.20. The summed E-state index contributed by atoms with van der Waals surface area (Å²) in [6.45, 7) is 2.89. The lowest BCUT2D eigenvalue weighted by atomic mass is 10.1. The van der Waals surface area contributed by atoms with E-state index in [-0.39, 0.29) is 11.5 Å². The lowest BCUT2D eigenvalue weighted by Gasteiger charge is -2.23. The van der Waals surface area contributed by atoms with E-state index in [1.807, 2.05) is 0 Å². The van der Waals surface area contributed by atoms with Crippen molar-refractivity contribution in [1.82, 2.24) is 4.72 Å². The van der Waals surface area contributed by atoms with Gasteiger partial charge in [0.25, 0.3) is 0 Å². The number of aliphatic hydroxyl groups excluding tert-OH is 1.